The topological polar surface area (TPSA) is 60.3 Å². The number of phenols is 1. The van der Waals surface area contributed by atoms with E-state index < -0.39 is 0 Å². The average molecular weight is 306 g/mol. The van der Waals surface area contributed by atoms with E-state index in [0.29, 0.717) is 28.0 Å². The van der Waals surface area contributed by atoms with Crippen LogP contribution in [0.3, 0.4) is 0 Å². The van der Waals surface area contributed by atoms with Crippen LogP contribution in [0.5, 0.6) is 23.0 Å². The van der Waals surface area contributed by atoms with Crippen LogP contribution in [0.4, 0.5) is 5.69 Å². The predicted molar refractivity (Wildman–Crippen MR) is 79.5 cm³/mol. The highest BCUT2D eigenvalue weighted by molar-refractivity contribution is 6.30. The lowest BCUT2D eigenvalue weighted by Crippen LogP contribution is -1.92. The number of hydrogen-bond acceptors (Lipinski definition) is 5. The summed E-state index contributed by atoms with van der Waals surface area (Å²) in [6, 6.07) is 8.24. The fourth-order valence-corrected chi connectivity index (χ4v) is 2.13. The zero-order valence-corrected chi connectivity index (χ0v) is 11.9. The number of hydrogen-bond donors (Lipinski definition) is 1. The van der Waals surface area contributed by atoms with Gasteiger partial charge in [0.05, 0.1) is 7.11 Å². The van der Waals surface area contributed by atoms with Crippen LogP contribution in [-0.4, -0.2) is 25.2 Å². The first-order chi connectivity index (χ1) is 10.2. The summed E-state index contributed by atoms with van der Waals surface area (Å²) in [7, 11) is 1.56. The lowest BCUT2D eigenvalue weighted by molar-refractivity contribution is 0.174. The fraction of sp³-hybridized carbons (Fsp3) is 0.133. The van der Waals surface area contributed by atoms with Gasteiger partial charge in [0, 0.05) is 28.9 Å². The van der Waals surface area contributed by atoms with E-state index in [1.165, 1.54) is 6.07 Å². The van der Waals surface area contributed by atoms with Gasteiger partial charge >= 0.3 is 0 Å². The van der Waals surface area contributed by atoms with E-state index in [0.717, 1.165) is 5.56 Å². The molecule has 1 aliphatic heterocycles. The molecule has 0 fully saturated rings. The molecule has 1 heterocycles. The molecule has 21 heavy (non-hydrogen) atoms. The number of benzene rings is 2. The third kappa shape index (κ3) is 2.73. The Hall–Kier alpha value is -2.40. The quantitative estimate of drug-likeness (QED) is 0.881. The molecule has 3 rings (SSSR count). The summed E-state index contributed by atoms with van der Waals surface area (Å²) in [4.78, 5) is 4.24. The number of rotatable bonds is 3. The van der Waals surface area contributed by atoms with E-state index in [1.54, 1.807) is 37.6 Å². The Kier molecular flexibility index (Phi) is 3.58. The minimum Gasteiger partial charge on any atom is -0.506 e. The first kappa shape index (κ1) is 13.6. The average Bonchev–Trinajstić information content (AvgIpc) is 2.92. The molecule has 108 valence electrons. The summed E-state index contributed by atoms with van der Waals surface area (Å²) < 4.78 is 15.9. The summed E-state index contributed by atoms with van der Waals surface area (Å²) >= 11 is 5.78. The minimum atomic E-state index is 0.0125. The molecule has 0 saturated carbocycles. The van der Waals surface area contributed by atoms with Crippen molar-refractivity contribution in [2.75, 3.05) is 13.9 Å². The number of halogens is 1. The molecule has 0 amide bonds. The maximum Gasteiger partial charge on any atom is 0.231 e. The van der Waals surface area contributed by atoms with Crippen molar-refractivity contribution in [3.8, 4) is 23.0 Å². The smallest absolute Gasteiger partial charge is 0.231 e. The van der Waals surface area contributed by atoms with Crippen molar-refractivity contribution in [1.29, 1.82) is 0 Å². The highest BCUT2D eigenvalue weighted by Crippen LogP contribution is 2.38. The van der Waals surface area contributed by atoms with Crippen molar-refractivity contribution in [2.45, 2.75) is 0 Å². The molecule has 6 heteroatoms. The van der Waals surface area contributed by atoms with Crippen LogP contribution in [0.2, 0.25) is 5.02 Å². The van der Waals surface area contributed by atoms with Crippen molar-refractivity contribution in [1.82, 2.24) is 0 Å². The van der Waals surface area contributed by atoms with Gasteiger partial charge in [0.2, 0.25) is 6.79 Å². The fourth-order valence-electron chi connectivity index (χ4n) is 1.96. The molecule has 0 saturated heterocycles. The van der Waals surface area contributed by atoms with E-state index in [-0.39, 0.29) is 12.5 Å². The molecule has 0 aromatic heterocycles. The van der Waals surface area contributed by atoms with Gasteiger partial charge in [-0.1, -0.05) is 11.6 Å². The molecule has 5 nitrogen and oxygen atoms in total. The summed E-state index contributed by atoms with van der Waals surface area (Å²) in [6.45, 7) is 0.192. The summed E-state index contributed by atoms with van der Waals surface area (Å²) in [5, 5.41) is 10.2. The van der Waals surface area contributed by atoms with Gasteiger partial charge in [-0.15, -0.1) is 0 Å². The molecule has 2 aromatic rings. The second-order valence-electron chi connectivity index (χ2n) is 4.34. The van der Waals surface area contributed by atoms with Gasteiger partial charge < -0.3 is 19.3 Å². The van der Waals surface area contributed by atoms with Crippen molar-refractivity contribution in [3.63, 3.8) is 0 Å². The van der Waals surface area contributed by atoms with Crippen LogP contribution in [0.1, 0.15) is 5.56 Å². The molecule has 1 aliphatic rings. The minimum absolute atomic E-state index is 0.0125. The summed E-state index contributed by atoms with van der Waals surface area (Å²) in [5.41, 5.74) is 1.13. The number of aromatic hydroxyl groups is 1. The Labute approximate surface area is 126 Å². The van der Waals surface area contributed by atoms with Crippen molar-refractivity contribution >= 4 is 23.5 Å². The van der Waals surface area contributed by atoms with Gasteiger partial charge in [0.15, 0.2) is 11.5 Å². The lowest BCUT2D eigenvalue weighted by atomic mass is 10.2. The van der Waals surface area contributed by atoms with Crippen molar-refractivity contribution in [2.24, 2.45) is 4.99 Å². The SMILES string of the molecule is COc1cc2c(cc1C=Nc1ccc(Cl)cc1O)OCO2. The third-order valence-electron chi connectivity index (χ3n) is 3.01. The first-order valence-electron chi connectivity index (χ1n) is 6.17. The second-order valence-corrected chi connectivity index (χ2v) is 4.78. The lowest BCUT2D eigenvalue weighted by Gasteiger charge is -2.06. The monoisotopic (exact) mass is 305 g/mol. The standard InChI is InChI=1S/C15H12ClNO4/c1-19-13-6-15-14(20-8-21-15)4-9(13)7-17-11-3-2-10(16)5-12(11)18/h2-7,18H,8H2,1H3. The van der Waals surface area contributed by atoms with E-state index in [4.69, 9.17) is 25.8 Å². The Morgan fingerprint density at radius 2 is 2.00 bits per heavy atom. The van der Waals surface area contributed by atoms with E-state index in [9.17, 15) is 5.11 Å². The van der Waals surface area contributed by atoms with Gasteiger partial charge in [0.1, 0.15) is 17.2 Å². The van der Waals surface area contributed by atoms with E-state index in [2.05, 4.69) is 4.99 Å². The van der Waals surface area contributed by atoms with Gasteiger partial charge in [-0.2, -0.15) is 0 Å². The Bertz CT molecular complexity index is 715. The van der Waals surface area contributed by atoms with Crippen LogP contribution in [0.25, 0.3) is 0 Å². The molecule has 0 bridgehead atoms. The maximum atomic E-state index is 9.78. The maximum absolute atomic E-state index is 9.78. The first-order valence-corrected chi connectivity index (χ1v) is 6.55. The van der Waals surface area contributed by atoms with Crippen LogP contribution in [-0.2, 0) is 0 Å². The van der Waals surface area contributed by atoms with Crippen molar-refractivity contribution < 1.29 is 19.3 Å². The molecular weight excluding hydrogens is 294 g/mol. The molecule has 0 spiro atoms. The van der Waals surface area contributed by atoms with Gasteiger partial charge in [-0.3, -0.25) is 4.99 Å². The predicted octanol–water partition coefficient (Wildman–Crippen LogP) is 3.53. The van der Waals surface area contributed by atoms with E-state index in [1.807, 2.05) is 0 Å². The molecule has 0 radical (unpaired) electrons. The largest absolute Gasteiger partial charge is 0.506 e. The molecule has 1 N–H and O–H groups in total. The Balaban J connectivity index is 1.95. The van der Waals surface area contributed by atoms with Crippen LogP contribution >= 0.6 is 11.6 Å². The Morgan fingerprint density at radius 3 is 2.71 bits per heavy atom. The van der Waals surface area contributed by atoms with Crippen LogP contribution in [0, 0.1) is 0 Å². The summed E-state index contributed by atoms with van der Waals surface area (Å²) in [6.07, 6.45) is 1.59. The molecule has 0 unspecified atom stereocenters. The van der Waals surface area contributed by atoms with Crippen molar-refractivity contribution in [3.05, 3.63) is 40.9 Å². The number of methoxy groups -OCH3 is 1. The molecule has 0 atom stereocenters. The van der Waals surface area contributed by atoms with Gasteiger partial charge in [-0.25, -0.2) is 0 Å². The number of nitrogens with zero attached hydrogens (tertiary/aromatic N) is 1. The summed E-state index contributed by atoms with van der Waals surface area (Å²) in [5.74, 6) is 1.89. The van der Waals surface area contributed by atoms with Crippen LogP contribution in [0.15, 0.2) is 35.3 Å². The highest BCUT2D eigenvalue weighted by Gasteiger charge is 2.17. The Morgan fingerprint density at radius 1 is 1.24 bits per heavy atom. The zero-order chi connectivity index (χ0) is 14.8. The van der Waals surface area contributed by atoms with Crippen LogP contribution < -0.4 is 14.2 Å². The van der Waals surface area contributed by atoms with Gasteiger partial charge in [-0.05, 0) is 18.2 Å². The number of ether oxygens (including phenoxy) is 3. The second kappa shape index (κ2) is 5.54. The highest BCUT2D eigenvalue weighted by atomic mass is 35.5. The molecular formula is C15H12ClNO4. The number of fused-ring (bicyclic) bond motifs is 1. The molecule has 2 aromatic carbocycles. The van der Waals surface area contributed by atoms with E-state index >= 15 is 0 Å². The van der Waals surface area contributed by atoms with Gasteiger partial charge in [0.25, 0.3) is 0 Å². The number of aliphatic imine (C=N–C) groups is 1. The number of phenolic OH excluding ortho intramolecular Hbond substituents is 1. The molecule has 0 aliphatic carbocycles. The third-order valence-corrected chi connectivity index (χ3v) is 3.24. The zero-order valence-electron chi connectivity index (χ0n) is 11.2. The normalized spacial score (nSPS) is 12.9.